The van der Waals surface area contributed by atoms with Crippen LogP contribution in [0.25, 0.3) is 22.3 Å². The Morgan fingerprint density at radius 1 is 1.00 bits per heavy atom. The van der Waals surface area contributed by atoms with Crippen molar-refractivity contribution in [2.24, 2.45) is 0 Å². The van der Waals surface area contributed by atoms with Crippen LogP contribution < -0.4 is 5.32 Å². The number of anilines is 2. The zero-order chi connectivity index (χ0) is 20.7. The number of rotatable bonds is 4. The first-order valence-electron chi connectivity index (χ1n) is 9.78. The van der Waals surface area contributed by atoms with Gasteiger partial charge in [-0.1, -0.05) is 24.3 Å². The fourth-order valence-corrected chi connectivity index (χ4v) is 3.93. The fourth-order valence-electron chi connectivity index (χ4n) is 3.93. The Balaban J connectivity index is 1.65. The number of nitrogens with zero attached hydrogens (tertiary/aromatic N) is 3. The van der Waals surface area contributed by atoms with E-state index in [1.807, 2.05) is 6.07 Å². The highest BCUT2D eigenvalue weighted by molar-refractivity contribution is 5.91. The highest BCUT2D eigenvalue weighted by Crippen LogP contribution is 2.33. The predicted octanol–water partition coefficient (Wildman–Crippen LogP) is 5.39. The average Bonchev–Trinajstić information content (AvgIpc) is 3.16. The normalized spacial score (nSPS) is 13.4. The van der Waals surface area contributed by atoms with Crippen LogP contribution in [0.3, 0.4) is 0 Å². The highest BCUT2D eigenvalue weighted by atomic mass is 19.1. The van der Waals surface area contributed by atoms with E-state index in [0.717, 1.165) is 43.0 Å². The van der Waals surface area contributed by atoms with Crippen molar-refractivity contribution in [3.8, 4) is 11.4 Å². The van der Waals surface area contributed by atoms with Gasteiger partial charge in [-0.25, -0.2) is 23.1 Å². The molecule has 1 aliphatic carbocycles. The molecule has 30 heavy (non-hydrogen) atoms. The van der Waals surface area contributed by atoms with Gasteiger partial charge in [0.2, 0.25) is 0 Å². The van der Waals surface area contributed by atoms with Crippen LogP contribution in [0.4, 0.5) is 24.8 Å². The molecule has 2 heterocycles. The Bertz CT molecular complexity index is 1250. The summed E-state index contributed by atoms with van der Waals surface area (Å²) in [4.78, 5) is 9.37. The van der Waals surface area contributed by atoms with Crippen LogP contribution in [0.1, 0.15) is 29.7 Å². The van der Waals surface area contributed by atoms with E-state index in [0.29, 0.717) is 28.2 Å². The molecule has 2 aromatic carbocycles. The molecule has 0 amide bonds. The Labute approximate surface area is 170 Å². The van der Waals surface area contributed by atoms with Crippen molar-refractivity contribution in [2.45, 2.75) is 32.4 Å². The number of aromatic amines is 1. The molecule has 0 atom stereocenters. The lowest BCUT2D eigenvalue weighted by Crippen LogP contribution is -2.12. The Kier molecular flexibility index (Phi) is 4.61. The monoisotopic (exact) mass is 409 g/mol. The molecular weight excluding hydrogens is 391 g/mol. The summed E-state index contributed by atoms with van der Waals surface area (Å²) in [5, 5.41) is 10.1. The number of aryl methyl sites for hydroxylation is 1. The predicted molar refractivity (Wildman–Crippen MR) is 108 cm³/mol. The molecule has 2 aromatic heterocycles. The van der Waals surface area contributed by atoms with Gasteiger partial charge in [0.15, 0.2) is 17.5 Å². The number of hydrogen-bond donors (Lipinski definition) is 2. The van der Waals surface area contributed by atoms with Gasteiger partial charge in [0.1, 0.15) is 23.8 Å². The quantitative estimate of drug-likeness (QED) is 0.474. The zero-order valence-electron chi connectivity index (χ0n) is 16.0. The van der Waals surface area contributed by atoms with Crippen molar-refractivity contribution < 1.29 is 13.2 Å². The van der Waals surface area contributed by atoms with E-state index in [9.17, 15) is 13.2 Å². The standard InChI is InChI=1S/C22H18F3N5/c23-11-12-5-1-2-6-14(12)20-26-18-8-4-3-7-15(18)21(27-20)28-22-16-9-13(24)10-17(25)19(16)29-30-22/h1-2,5-6,9-10H,3-4,7-8,11H2,(H2,26,27,28,29,30). The molecule has 0 radical (unpaired) electrons. The van der Waals surface area contributed by atoms with Gasteiger partial charge in [0.05, 0.1) is 5.39 Å². The summed E-state index contributed by atoms with van der Waals surface area (Å²) in [6, 6.07) is 9.11. The minimum atomic E-state index is -0.715. The first-order chi connectivity index (χ1) is 14.6. The second-order valence-corrected chi connectivity index (χ2v) is 7.33. The van der Waals surface area contributed by atoms with Gasteiger partial charge in [0.25, 0.3) is 0 Å². The van der Waals surface area contributed by atoms with Crippen LogP contribution in [0, 0.1) is 11.6 Å². The van der Waals surface area contributed by atoms with Crippen molar-refractivity contribution in [3.05, 3.63) is 64.9 Å². The summed E-state index contributed by atoms with van der Waals surface area (Å²) in [7, 11) is 0. The molecule has 0 fully saturated rings. The number of halogens is 3. The lowest BCUT2D eigenvalue weighted by atomic mass is 9.96. The van der Waals surface area contributed by atoms with Gasteiger partial charge < -0.3 is 5.32 Å². The van der Waals surface area contributed by atoms with Gasteiger partial charge in [-0.15, -0.1) is 0 Å². The van der Waals surface area contributed by atoms with Crippen LogP contribution in [-0.2, 0) is 19.5 Å². The number of aromatic nitrogens is 4. The third-order valence-corrected chi connectivity index (χ3v) is 5.41. The van der Waals surface area contributed by atoms with E-state index in [-0.39, 0.29) is 11.3 Å². The Morgan fingerprint density at radius 3 is 2.70 bits per heavy atom. The number of nitrogens with one attached hydrogen (secondary N) is 2. The van der Waals surface area contributed by atoms with Gasteiger partial charge in [-0.05, 0) is 37.3 Å². The number of alkyl halides is 1. The lowest BCUT2D eigenvalue weighted by Gasteiger charge is -2.20. The summed E-state index contributed by atoms with van der Waals surface area (Å²) in [6.45, 7) is -0.623. The Morgan fingerprint density at radius 2 is 1.83 bits per heavy atom. The molecule has 5 rings (SSSR count). The molecule has 0 aliphatic heterocycles. The van der Waals surface area contributed by atoms with Crippen LogP contribution in [-0.4, -0.2) is 20.2 Å². The number of H-pyrrole nitrogens is 1. The third-order valence-electron chi connectivity index (χ3n) is 5.41. The summed E-state index contributed by atoms with van der Waals surface area (Å²) in [5.74, 6) is -0.177. The molecule has 0 saturated carbocycles. The molecule has 4 aromatic rings. The van der Waals surface area contributed by atoms with Gasteiger partial charge in [-0.3, -0.25) is 5.10 Å². The topological polar surface area (TPSA) is 66.5 Å². The molecule has 0 bridgehead atoms. The van der Waals surface area contributed by atoms with Crippen molar-refractivity contribution in [1.29, 1.82) is 0 Å². The first kappa shape index (κ1) is 18.6. The van der Waals surface area contributed by atoms with Gasteiger partial charge in [0, 0.05) is 22.9 Å². The smallest absolute Gasteiger partial charge is 0.162 e. The minimum Gasteiger partial charge on any atom is -0.323 e. The first-order valence-corrected chi connectivity index (χ1v) is 9.78. The average molecular weight is 409 g/mol. The minimum absolute atomic E-state index is 0.116. The van der Waals surface area contributed by atoms with Crippen molar-refractivity contribution in [2.75, 3.05) is 5.32 Å². The largest absolute Gasteiger partial charge is 0.323 e. The molecule has 5 nitrogen and oxygen atoms in total. The van der Waals surface area contributed by atoms with Crippen LogP contribution in [0.15, 0.2) is 36.4 Å². The maximum Gasteiger partial charge on any atom is 0.162 e. The molecule has 0 saturated heterocycles. The van der Waals surface area contributed by atoms with Crippen LogP contribution >= 0.6 is 0 Å². The van der Waals surface area contributed by atoms with Crippen molar-refractivity contribution >= 4 is 22.5 Å². The van der Waals surface area contributed by atoms with Gasteiger partial charge in [-0.2, -0.15) is 5.10 Å². The molecule has 2 N–H and O–H groups in total. The van der Waals surface area contributed by atoms with Gasteiger partial charge >= 0.3 is 0 Å². The second kappa shape index (κ2) is 7.44. The highest BCUT2D eigenvalue weighted by Gasteiger charge is 2.21. The maximum absolute atomic E-state index is 14.0. The summed E-state index contributed by atoms with van der Waals surface area (Å²) in [5.41, 5.74) is 3.11. The van der Waals surface area contributed by atoms with E-state index in [1.165, 1.54) is 6.07 Å². The summed E-state index contributed by atoms with van der Waals surface area (Å²) < 4.78 is 41.3. The fraction of sp³-hybridized carbons (Fsp3) is 0.227. The van der Waals surface area contributed by atoms with E-state index in [1.54, 1.807) is 18.2 Å². The third kappa shape index (κ3) is 3.18. The molecular formula is C22H18F3N5. The molecule has 8 heteroatoms. The zero-order valence-corrected chi connectivity index (χ0v) is 16.0. The van der Waals surface area contributed by atoms with Crippen LogP contribution in [0.5, 0.6) is 0 Å². The second-order valence-electron chi connectivity index (χ2n) is 7.33. The van der Waals surface area contributed by atoms with Crippen LogP contribution in [0.2, 0.25) is 0 Å². The maximum atomic E-state index is 14.0. The molecule has 0 unspecified atom stereocenters. The van der Waals surface area contributed by atoms with E-state index < -0.39 is 18.3 Å². The Hall–Kier alpha value is -3.42. The molecule has 1 aliphatic rings. The van der Waals surface area contributed by atoms with Crippen molar-refractivity contribution in [1.82, 2.24) is 20.2 Å². The van der Waals surface area contributed by atoms with E-state index >= 15 is 0 Å². The molecule has 152 valence electrons. The van der Waals surface area contributed by atoms with E-state index in [2.05, 4.69) is 20.5 Å². The molecule has 0 spiro atoms. The van der Waals surface area contributed by atoms with E-state index in [4.69, 9.17) is 4.98 Å². The SMILES string of the molecule is FCc1ccccc1-c1nc2c(c(Nc3n[nH]c4c(F)cc(F)cc34)n1)CCCC2. The lowest BCUT2D eigenvalue weighted by molar-refractivity contribution is 0.486. The summed E-state index contributed by atoms with van der Waals surface area (Å²) in [6.07, 6.45) is 3.58. The number of hydrogen-bond acceptors (Lipinski definition) is 4. The number of fused-ring (bicyclic) bond motifs is 2. The summed E-state index contributed by atoms with van der Waals surface area (Å²) >= 11 is 0. The van der Waals surface area contributed by atoms with Crippen molar-refractivity contribution in [3.63, 3.8) is 0 Å². The number of benzene rings is 2.